The molecule has 5 heteroatoms. The smallest absolute Gasteiger partial charge is 0.407 e. The second-order valence-electron chi connectivity index (χ2n) is 4.64. The Hall–Kier alpha value is -2.04. The summed E-state index contributed by atoms with van der Waals surface area (Å²) in [4.78, 5) is 22.0. The molecule has 1 aromatic rings. The topological polar surface area (TPSA) is 75.6 Å². The lowest BCUT2D eigenvalue weighted by molar-refractivity contribution is -0.136. The SMILES string of the molecule is Cc1cc(CNC(=O)OC(C)C)ccc1CC(=O)O. The third-order valence-corrected chi connectivity index (χ3v) is 2.53. The van der Waals surface area contributed by atoms with Crippen LogP contribution in [0.25, 0.3) is 0 Å². The molecule has 0 saturated heterocycles. The molecule has 1 rings (SSSR count). The summed E-state index contributed by atoms with van der Waals surface area (Å²) in [5.41, 5.74) is 2.59. The number of ether oxygens (including phenoxy) is 1. The van der Waals surface area contributed by atoms with E-state index in [0.29, 0.717) is 6.54 Å². The van der Waals surface area contributed by atoms with Crippen molar-refractivity contribution < 1.29 is 19.4 Å². The Morgan fingerprint density at radius 3 is 2.58 bits per heavy atom. The fourth-order valence-corrected chi connectivity index (χ4v) is 1.66. The second kappa shape index (κ2) is 6.78. The Bertz CT molecular complexity index is 469. The van der Waals surface area contributed by atoms with Crippen LogP contribution in [-0.2, 0) is 22.5 Å². The van der Waals surface area contributed by atoms with E-state index in [4.69, 9.17) is 9.84 Å². The van der Waals surface area contributed by atoms with Crippen molar-refractivity contribution in [2.45, 2.75) is 39.8 Å². The highest BCUT2D eigenvalue weighted by atomic mass is 16.6. The molecule has 0 unspecified atom stereocenters. The predicted molar refractivity (Wildman–Crippen MR) is 71.0 cm³/mol. The minimum atomic E-state index is -0.852. The molecule has 19 heavy (non-hydrogen) atoms. The lowest BCUT2D eigenvalue weighted by Crippen LogP contribution is -2.26. The van der Waals surface area contributed by atoms with E-state index in [2.05, 4.69) is 5.32 Å². The Morgan fingerprint density at radius 2 is 2.05 bits per heavy atom. The van der Waals surface area contributed by atoms with Crippen LogP contribution in [0.15, 0.2) is 18.2 Å². The second-order valence-corrected chi connectivity index (χ2v) is 4.64. The molecule has 0 heterocycles. The molecule has 0 radical (unpaired) electrons. The summed E-state index contributed by atoms with van der Waals surface area (Å²) < 4.78 is 4.95. The summed E-state index contributed by atoms with van der Waals surface area (Å²) in [7, 11) is 0. The first-order valence-corrected chi connectivity index (χ1v) is 6.13. The molecule has 2 N–H and O–H groups in total. The molecular weight excluding hydrogens is 246 g/mol. The van der Waals surface area contributed by atoms with Gasteiger partial charge in [0.05, 0.1) is 12.5 Å². The van der Waals surface area contributed by atoms with E-state index < -0.39 is 12.1 Å². The van der Waals surface area contributed by atoms with Gasteiger partial charge in [-0.3, -0.25) is 4.79 Å². The van der Waals surface area contributed by atoms with Crippen LogP contribution in [0.5, 0.6) is 0 Å². The van der Waals surface area contributed by atoms with Crippen LogP contribution in [0, 0.1) is 6.92 Å². The van der Waals surface area contributed by atoms with Gasteiger partial charge in [-0.05, 0) is 37.5 Å². The summed E-state index contributed by atoms with van der Waals surface area (Å²) >= 11 is 0. The predicted octanol–water partition coefficient (Wildman–Crippen LogP) is 2.26. The lowest BCUT2D eigenvalue weighted by atomic mass is 10.0. The van der Waals surface area contributed by atoms with Gasteiger partial charge in [0, 0.05) is 6.54 Å². The number of aliphatic carboxylic acids is 1. The van der Waals surface area contributed by atoms with Gasteiger partial charge in [-0.1, -0.05) is 18.2 Å². The van der Waals surface area contributed by atoms with Gasteiger partial charge >= 0.3 is 12.1 Å². The van der Waals surface area contributed by atoms with Crippen LogP contribution in [0.3, 0.4) is 0 Å². The number of carboxylic acids is 1. The number of carbonyl (C=O) groups excluding carboxylic acids is 1. The van der Waals surface area contributed by atoms with Gasteiger partial charge in [-0.25, -0.2) is 4.79 Å². The van der Waals surface area contributed by atoms with Crippen molar-refractivity contribution in [1.82, 2.24) is 5.32 Å². The highest BCUT2D eigenvalue weighted by Crippen LogP contribution is 2.12. The van der Waals surface area contributed by atoms with Gasteiger partial charge in [0.25, 0.3) is 0 Å². The molecule has 0 bridgehead atoms. The molecule has 1 aromatic carbocycles. The van der Waals surface area contributed by atoms with Gasteiger partial charge in [0.15, 0.2) is 0 Å². The largest absolute Gasteiger partial charge is 0.481 e. The first kappa shape index (κ1) is 15.0. The van der Waals surface area contributed by atoms with Gasteiger partial charge in [0.2, 0.25) is 0 Å². The van der Waals surface area contributed by atoms with Crippen LogP contribution in [-0.4, -0.2) is 23.3 Å². The maximum Gasteiger partial charge on any atom is 0.407 e. The summed E-state index contributed by atoms with van der Waals surface area (Å²) in [6.45, 7) is 5.78. The van der Waals surface area contributed by atoms with Crippen molar-refractivity contribution in [3.63, 3.8) is 0 Å². The quantitative estimate of drug-likeness (QED) is 0.856. The highest BCUT2D eigenvalue weighted by molar-refractivity contribution is 5.71. The van der Waals surface area contributed by atoms with E-state index >= 15 is 0 Å². The van der Waals surface area contributed by atoms with Gasteiger partial charge in [0.1, 0.15) is 0 Å². The Morgan fingerprint density at radius 1 is 1.37 bits per heavy atom. The number of nitrogens with one attached hydrogen (secondary N) is 1. The summed E-state index contributed by atoms with van der Waals surface area (Å²) in [6, 6.07) is 5.45. The fraction of sp³-hybridized carbons (Fsp3) is 0.429. The van der Waals surface area contributed by atoms with Crippen molar-refractivity contribution in [2.75, 3.05) is 0 Å². The van der Waals surface area contributed by atoms with Crippen molar-refractivity contribution in [2.24, 2.45) is 0 Å². The summed E-state index contributed by atoms with van der Waals surface area (Å²) in [5, 5.41) is 11.4. The van der Waals surface area contributed by atoms with E-state index in [1.165, 1.54) is 0 Å². The minimum absolute atomic E-state index is 0.00886. The fourth-order valence-electron chi connectivity index (χ4n) is 1.66. The highest BCUT2D eigenvalue weighted by Gasteiger charge is 2.07. The standard InChI is InChI=1S/C14H19NO4/c1-9(2)19-14(18)15-8-11-4-5-12(7-13(16)17)10(3)6-11/h4-6,9H,7-8H2,1-3H3,(H,15,18)(H,16,17). The number of amides is 1. The average Bonchev–Trinajstić information content (AvgIpc) is 2.28. The molecule has 1 amide bonds. The van der Waals surface area contributed by atoms with E-state index in [9.17, 15) is 9.59 Å². The van der Waals surface area contributed by atoms with E-state index in [-0.39, 0.29) is 12.5 Å². The average molecular weight is 265 g/mol. The molecule has 0 aromatic heterocycles. The van der Waals surface area contributed by atoms with E-state index in [1.54, 1.807) is 26.0 Å². The van der Waals surface area contributed by atoms with Gasteiger partial charge in [-0.15, -0.1) is 0 Å². The number of hydrogen-bond donors (Lipinski definition) is 2. The third-order valence-electron chi connectivity index (χ3n) is 2.53. The van der Waals surface area contributed by atoms with Crippen LogP contribution < -0.4 is 5.32 Å². The zero-order valence-electron chi connectivity index (χ0n) is 11.4. The zero-order valence-corrected chi connectivity index (χ0v) is 11.4. The maximum absolute atomic E-state index is 11.3. The molecule has 5 nitrogen and oxygen atoms in total. The first-order chi connectivity index (χ1) is 8.88. The van der Waals surface area contributed by atoms with Gasteiger partial charge < -0.3 is 15.2 Å². The minimum Gasteiger partial charge on any atom is -0.481 e. The third kappa shape index (κ3) is 5.42. The molecule has 0 atom stereocenters. The van der Waals surface area contributed by atoms with Crippen LogP contribution in [0.4, 0.5) is 4.79 Å². The van der Waals surface area contributed by atoms with Crippen LogP contribution in [0.2, 0.25) is 0 Å². The summed E-state index contributed by atoms with van der Waals surface area (Å²) in [5.74, 6) is -0.852. The van der Waals surface area contributed by atoms with Crippen molar-refractivity contribution >= 4 is 12.1 Å². The van der Waals surface area contributed by atoms with Gasteiger partial charge in [-0.2, -0.15) is 0 Å². The van der Waals surface area contributed by atoms with Crippen molar-refractivity contribution in [3.05, 3.63) is 34.9 Å². The normalized spacial score (nSPS) is 10.3. The Kier molecular flexibility index (Phi) is 5.36. The maximum atomic E-state index is 11.3. The molecule has 0 spiro atoms. The number of carbonyl (C=O) groups is 2. The molecular formula is C14H19NO4. The molecule has 0 aliphatic carbocycles. The number of benzene rings is 1. The Balaban J connectivity index is 2.58. The van der Waals surface area contributed by atoms with E-state index in [0.717, 1.165) is 16.7 Å². The summed E-state index contributed by atoms with van der Waals surface area (Å²) in [6.07, 6.45) is -0.600. The Labute approximate surface area is 112 Å². The number of rotatable bonds is 5. The van der Waals surface area contributed by atoms with E-state index in [1.807, 2.05) is 13.0 Å². The van der Waals surface area contributed by atoms with Crippen molar-refractivity contribution in [1.29, 1.82) is 0 Å². The number of carboxylic acid groups (broad SMARTS) is 1. The molecule has 0 fully saturated rings. The molecule has 0 aliphatic rings. The monoisotopic (exact) mass is 265 g/mol. The zero-order chi connectivity index (χ0) is 14.4. The number of hydrogen-bond acceptors (Lipinski definition) is 3. The molecule has 104 valence electrons. The lowest BCUT2D eigenvalue weighted by Gasteiger charge is -2.10. The van der Waals surface area contributed by atoms with Crippen molar-refractivity contribution in [3.8, 4) is 0 Å². The molecule has 0 saturated carbocycles. The number of aryl methyl sites for hydroxylation is 1. The van der Waals surface area contributed by atoms with Crippen LogP contribution in [0.1, 0.15) is 30.5 Å². The first-order valence-electron chi connectivity index (χ1n) is 6.13. The molecule has 0 aliphatic heterocycles. The number of alkyl carbamates (subject to hydrolysis) is 1. The van der Waals surface area contributed by atoms with Crippen LogP contribution >= 0.6 is 0 Å².